The van der Waals surface area contributed by atoms with Crippen LogP contribution in [0.15, 0.2) is 24.3 Å². The summed E-state index contributed by atoms with van der Waals surface area (Å²) in [4.78, 5) is 4.72. The van der Waals surface area contributed by atoms with Gasteiger partial charge in [0.15, 0.2) is 0 Å². The van der Waals surface area contributed by atoms with E-state index in [1.54, 1.807) is 0 Å². The molecule has 1 heterocycles. The van der Waals surface area contributed by atoms with Gasteiger partial charge in [0, 0.05) is 12.5 Å². The summed E-state index contributed by atoms with van der Waals surface area (Å²) in [5, 5.41) is 4.68. The Balaban J connectivity index is 2.16. The molecule has 0 fully saturated rings. The number of likely N-dealkylation sites (N-methyl/N-ethyl adjacent to an activating group) is 1. The van der Waals surface area contributed by atoms with Gasteiger partial charge in [0.25, 0.3) is 0 Å². The van der Waals surface area contributed by atoms with Crippen molar-refractivity contribution in [1.29, 1.82) is 0 Å². The van der Waals surface area contributed by atoms with Gasteiger partial charge in [0.2, 0.25) is 0 Å². The molecule has 0 saturated carbocycles. The van der Waals surface area contributed by atoms with Crippen molar-refractivity contribution in [3.05, 3.63) is 29.3 Å². The van der Waals surface area contributed by atoms with E-state index in [4.69, 9.17) is 4.98 Å². The van der Waals surface area contributed by atoms with E-state index in [2.05, 4.69) is 57.4 Å². The molecule has 0 aliphatic rings. The molecule has 2 aromatic rings. The summed E-state index contributed by atoms with van der Waals surface area (Å²) in [7, 11) is 2.05. The molecule has 3 heteroatoms. The Bertz CT molecular complexity index is 471. The van der Waals surface area contributed by atoms with Gasteiger partial charge in [-0.25, -0.2) is 4.98 Å². The second kappa shape index (κ2) is 5.81. The highest BCUT2D eigenvalue weighted by atomic mass is 32.1. The minimum atomic E-state index is 0.505. The highest BCUT2D eigenvalue weighted by molar-refractivity contribution is 7.18. The van der Waals surface area contributed by atoms with E-state index < -0.39 is 0 Å². The number of thiazole rings is 1. The smallest absolute Gasteiger partial charge is 0.0954 e. The van der Waals surface area contributed by atoms with Crippen LogP contribution in [-0.2, 0) is 6.42 Å². The largest absolute Gasteiger partial charge is 0.316 e. The SMILES string of the molecule is CNC(Cc1nc2ccccc2s1)C(C)C(C)C. The highest BCUT2D eigenvalue weighted by Gasteiger charge is 2.20. The molecule has 0 bridgehead atoms. The van der Waals surface area contributed by atoms with Crippen molar-refractivity contribution in [2.24, 2.45) is 11.8 Å². The van der Waals surface area contributed by atoms with Crippen LogP contribution in [-0.4, -0.2) is 18.1 Å². The number of para-hydroxylation sites is 1. The number of nitrogens with one attached hydrogen (secondary N) is 1. The van der Waals surface area contributed by atoms with Crippen molar-refractivity contribution in [3.63, 3.8) is 0 Å². The Morgan fingerprint density at radius 1 is 1.22 bits per heavy atom. The lowest BCUT2D eigenvalue weighted by atomic mass is 9.89. The van der Waals surface area contributed by atoms with Crippen molar-refractivity contribution >= 4 is 21.6 Å². The molecule has 0 radical (unpaired) electrons. The summed E-state index contributed by atoms with van der Waals surface area (Å²) in [6, 6.07) is 8.88. The van der Waals surface area contributed by atoms with E-state index in [0.717, 1.165) is 11.9 Å². The molecule has 2 rings (SSSR count). The summed E-state index contributed by atoms with van der Waals surface area (Å²) in [5.74, 6) is 1.35. The fraction of sp³-hybridized carbons (Fsp3) is 0.533. The number of hydrogen-bond donors (Lipinski definition) is 1. The van der Waals surface area contributed by atoms with E-state index in [9.17, 15) is 0 Å². The maximum Gasteiger partial charge on any atom is 0.0954 e. The Morgan fingerprint density at radius 2 is 1.94 bits per heavy atom. The van der Waals surface area contributed by atoms with Crippen LogP contribution in [0.2, 0.25) is 0 Å². The molecule has 0 aliphatic heterocycles. The third-order valence-corrected chi connectivity index (χ3v) is 4.85. The zero-order valence-electron chi connectivity index (χ0n) is 11.6. The van der Waals surface area contributed by atoms with Crippen LogP contribution in [0.1, 0.15) is 25.8 Å². The monoisotopic (exact) mass is 262 g/mol. The molecule has 2 nitrogen and oxygen atoms in total. The summed E-state index contributed by atoms with van der Waals surface area (Å²) < 4.78 is 1.29. The Kier molecular flexibility index (Phi) is 4.36. The molecule has 0 aliphatic carbocycles. The molecule has 1 aromatic heterocycles. The summed E-state index contributed by atoms with van der Waals surface area (Å²) in [6.45, 7) is 6.89. The lowest BCUT2D eigenvalue weighted by Crippen LogP contribution is -2.36. The normalized spacial score (nSPS) is 15.2. The number of benzene rings is 1. The summed E-state index contributed by atoms with van der Waals surface area (Å²) in [6.07, 6.45) is 1.02. The minimum Gasteiger partial charge on any atom is -0.316 e. The van der Waals surface area contributed by atoms with E-state index in [-0.39, 0.29) is 0 Å². The molecule has 0 amide bonds. The predicted octanol–water partition coefficient (Wildman–Crippen LogP) is 3.72. The van der Waals surface area contributed by atoms with Gasteiger partial charge in [0.05, 0.1) is 15.2 Å². The van der Waals surface area contributed by atoms with Gasteiger partial charge in [-0.3, -0.25) is 0 Å². The van der Waals surface area contributed by atoms with Gasteiger partial charge >= 0.3 is 0 Å². The molecular weight excluding hydrogens is 240 g/mol. The molecule has 1 aromatic carbocycles. The van der Waals surface area contributed by atoms with Gasteiger partial charge in [0.1, 0.15) is 0 Å². The van der Waals surface area contributed by atoms with Crippen molar-refractivity contribution in [1.82, 2.24) is 10.3 Å². The molecular formula is C15H22N2S. The summed E-state index contributed by atoms with van der Waals surface area (Å²) >= 11 is 1.82. The quantitative estimate of drug-likeness (QED) is 0.888. The molecule has 0 spiro atoms. The Morgan fingerprint density at radius 3 is 2.56 bits per heavy atom. The first-order valence-corrected chi connectivity index (χ1v) is 7.45. The maximum absolute atomic E-state index is 4.72. The first-order valence-electron chi connectivity index (χ1n) is 6.63. The second-order valence-corrected chi connectivity index (χ2v) is 6.39. The van der Waals surface area contributed by atoms with E-state index in [0.29, 0.717) is 17.9 Å². The highest BCUT2D eigenvalue weighted by Crippen LogP contribution is 2.25. The standard InChI is InChI=1S/C15H22N2S/c1-10(2)11(3)13(16-4)9-15-17-12-7-5-6-8-14(12)18-15/h5-8,10-11,13,16H,9H2,1-4H3. The van der Waals surface area contributed by atoms with E-state index in [1.165, 1.54) is 9.71 Å². The van der Waals surface area contributed by atoms with Gasteiger partial charge in [-0.1, -0.05) is 32.9 Å². The molecule has 0 saturated heterocycles. The van der Waals surface area contributed by atoms with Crippen LogP contribution in [0.3, 0.4) is 0 Å². The third kappa shape index (κ3) is 2.90. The third-order valence-electron chi connectivity index (χ3n) is 3.79. The Labute approximate surface area is 113 Å². The van der Waals surface area contributed by atoms with Crippen LogP contribution in [0, 0.1) is 11.8 Å². The molecule has 2 atom stereocenters. The number of fused-ring (bicyclic) bond motifs is 1. The van der Waals surface area contributed by atoms with Gasteiger partial charge < -0.3 is 5.32 Å². The van der Waals surface area contributed by atoms with E-state index >= 15 is 0 Å². The summed E-state index contributed by atoms with van der Waals surface area (Å²) in [5.41, 5.74) is 1.13. The van der Waals surface area contributed by atoms with E-state index in [1.807, 2.05) is 11.3 Å². The van der Waals surface area contributed by atoms with Crippen molar-refractivity contribution in [2.45, 2.75) is 33.2 Å². The van der Waals surface area contributed by atoms with Crippen LogP contribution in [0.25, 0.3) is 10.2 Å². The average Bonchev–Trinajstić information content (AvgIpc) is 2.77. The minimum absolute atomic E-state index is 0.505. The first-order chi connectivity index (χ1) is 8.61. The molecule has 2 unspecified atom stereocenters. The fourth-order valence-corrected chi connectivity index (χ4v) is 3.24. The van der Waals surface area contributed by atoms with Crippen LogP contribution >= 0.6 is 11.3 Å². The number of rotatable bonds is 5. The van der Waals surface area contributed by atoms with Gasteiger partial charge in [-0.05, 0) is 31.0 Å². The van der Waals surface area contributed by atoms with Crippen LogP contribution in [0.4, 0.5) is 0 Å². The number of nitrogens with zero attached hydrogens (tertiary/aromatic N) is 1. The Hall–Kier alpha value is -0.930. The van der Waals surface area contributed by atoms with Gasteiger partial charge in [-0.15, -0.1) is 11.3 Å². The van der Waals surface area contributed by atoms with Crippen LogP contribution in [0.5, 0.6) is 0 Å². The topological polar surface area (TPSA) is 24.9 Å². The van der Waals surface area contributed by atoms with Crippen molar-refractivity contribution in [3.8, 4) is 0 Å². The lowest BCUT2D eigenvalue weighted by Gasteiger charge is -2.25. The number of hydrogen-bond acceptors (Lipinski definition) is 3. The van der Waals surface area contributed by atoms with Crippen LogP contribution < -0.4 is 5.32 Å². The zero-order valence-corrected chi connectivity index (χ0v) is 12.4. The first kappa shape index (κ1) is 13.5. The average molecular weight is 262 g/mol. The number of aromatic nitrogens is 1. The predicted molar refractivity (Wildman–Crippen MR) is 80.2 cm³/mol. The van der Waals surface area contributed by atoms with Crippen molar-refractivity contribution in [2.75, 3.05) is 7.05 Å². The maximum atomic E-state index is 4.72. The lowest BCUT2D eigenvalue weighted by molar-refractivity contribution is 0.309. The fourth-order valence-electron chi connectivity index (χ4n) is 2.21. The second-order valence-electron chi connectivity index (χ2n) is 5.28. The molecule has 98 valence electrons. The van der Waals surface area contributed by atoms with Gasteiger partial charge in [-0.2, -0.15) is 0 Å². The molecule has 18 heavy (non-hydrogen) atoms. The van der Waals surface area contributed by atoms with Crippen molar-refractivity contribution < 1.29 is 0 Å². The zero-order chi connectivity index (χ0) is 13.1. The molecule has 1 N–H and O–H groups in total.